The Kier molecular flexibility index (Phi) is 6.96. The summed E-state index contributed by atoms with van der Waals surface area (Å²) < 4.78 is 38.1. The number of anilines is 2. The van der Waals surface area contributed by atoms with Gasteiger partial charge in [-0.15, -0.1) is 0 Å². The molecule has 2 aliphatic rings. The van der Waals surface area contributed by atoms with Crippen molar-refractivity contribution in [1.82, 2.24) is 4.31 Å². The van der Waals surface area contributed by atoms with E-state index in [9.17, 15) is 18.0 Å². The molecule has 0 unspecified atom stereocenters. The molecule has 0 aromatic heterocycles. The van der Waals surface area contributed by atoms with Gasteiger partial charge in [0.1, 0.15) is 10.6 Å². The monoisotopic (exact) mass is 473 g/mol. The van der Waals surface area contributed by atoms with Crippen molar-refractivity contribution in [2.75, 3.05) is 50.2 Å². The number of benzene rings is 2. The fourth-order valence-electron chi connectivity index (χ4n) is 3.99. The first-order valence-corrected chi connectivity index (χ1v) is 12.3. The van der Waals surface area contributed by atoms with Crippen molar-refractivity contribution >= 4 is 33.2 Å². The minimum atomic E-state index is -3.79. The van der Waals surface area contributed by atoms with Crippen molar-refractivity contribution < 1.29 is 27.5 Å². The molecule has 2 saturated heterocycles. The standard InChI is InChI=1S/C23H27N3O6S/c1-31-20-9-6-18(16-21(20)33(29,30)25-11-13-32-14-12-25)24-22(27)15-17-4-7-19(8-5-17)26-10-2-3-23(26)28/h4-9,16H,2-3,10-15H2,1H3,(H,24,27). The van der Waals surface area contributed by atoms with Gasteiger partial charge in [-0.2, -0.15) is 4.31 Å². The van der Waals surface area contributed by atoms with E-state index in [1.807, 2.05) is 24.3 Å². The molecule has 4 rings (SSSR count). The van der Waals surface area contributed by atoms with Gasteiger partial charge in [0.05, 0.1) is 26.7 Å². The summed E-state index contributed by atoms with van der Waals surface area (Å²) in [5.74, 6) is 0.0502. The van der Waals surface area contributed by atoms with Crippen LogP contribution in [0.3, 0.4) is 0 Å². The van der Waals surface area contributed by atoms with E-state index in [-0.39, 0.29) is 42.0 Å². The van der Waals surface area contributed by atoms with Crippen LogP contribution in [-0.4, -0.2) is 64.5 Å². The summed E-state index contributed by atoms with van der Waals surface area (Å²) in [6.45, 7) is 1.92. The van der Waals surface area contributed by atoms with E-state index in [4.69, 9.17) is 9.47 Å². The lowest BCUT2D eigenvalue weighted by molar-refractivity contribution is -0.117. The molecule has 2 aromatic rings. The highest BCUT2D eigenvalue weighted by Crippen LogP contribution is 2.30. The van der Waals surface area contributed by atoms with E-state index < -0.39 is 10.0 Å². The first-order chi connectivity index (χ1) is 15.9. The number of hydrogen-bond acceptors (Lipinski definition) is 6. The Morgan fingerprint density at radius 3 is 2.45 bits per heavy atom. The molecule has 0 saturated carbocycles. The second-order valence-electron chi connectivity index (χ2n) is 7.92. The average molecular weight is 474 g/mol. The Morgan fingerprint density at radius 2 is 1.82 bits per heavy atom. The smallest absolute Gasteiger partial charge is 0.246 e. The normalized spacial score (nSPS) is 17.2. The number of amides is 2. The number of carbonyl (C=O) groups excluding carboxylic acids is 2. The second-order valence-corrected chi connectivity index (χ2v) is 9.83. The number of sulfonamides is 1. The van der Waals surface area contributed by atoms with E-state index in [1.54, 1.807) is 11.0 Å². The van der Waals surface area contributed by atoms with Crippen LogP contribution in [0.2, 0.25) is 0 Å². The predicted molar refractivity (Wildman–Crippen MR) is 123 cm³/mol. The third-order valence-corrected chi connectivity index (χ3v) is 7.64. The number of nitrogens with zero attached hydrogens (tertiary/aromatic N) is 2. The molecule has 0 spiro atoms. The summed E-state index contributed by atoms with van der Waals surface area (Å²) in [6, 6.07) is 11.9. The predicted octanol–water partition coefficient (Wildman–Crippen LogP) is 2.02. The van der Waals surface area contributed by atoms with Crippen LogP contribution in [0.15, 0.2) is 47.4 Å². The number of carbonyl (C=O) groups is 2. The molecule has 2 aromatic carbocycles. The van der Waals surface area contributed by atoms with Crippen LogP contribution in [0.4, 0.5) is 11.4 Å². The van der Waals surface area contributed by atoms with Gasteiger partial charge in [-0.1, -0.05) is 12.1 Å². The molecule has 9 nitrogen and oxygen atoms in total. The molecule has 0 bridgehead atoms. The van der Waals surface area contributed by atoms with Gasteiger partial charge in [-0.25, -0.2) is 8.42 Å². The third-order valence-electron chi connectivity index (χ3n) is 5.72. The molecule has 33 heavy (non-hydrogen) atoms. The van der Waals surface area contributed by atoms with Crippen LogP contribution < -0.4 is 15.0 Å². The lowest BCUT2D eigenvalue weighted by Gasteiger charge is -2.26. The number of ether oxygens (including phenoxy) is 2. The number of rotatable bonds is 7. The molecule has 0 aliphatic carbocycles. The first-order valence-electron chi connectivity index (χ1n) is 10.8. The third kappa shape index (κ3) is 5.18. The van der Waals surface area contributed by atoms with E-state index in [1.165, 1.54) is 23.5 Å². The summed E-state index contributed by atoms with van der Waals surface area (Å²) >= 11 is 0. The maximum Gasteiger partial charge on any atom is 0.246 e. The lowest BCUT2D eigenvalue weighted by atomic mass is 10.1. The molecule has 176 valence electrons. The van der Waals surface area contributed by atoms with Crippen molar-refractivity contribution in [2.24, 2.45) is 0 Å². The number of morpholine rings is 1. The summed E-state index contributed by atoms with van der Waals surface area (Å²) in [5.41, 5.74) is 1.99. The van der Waals surface area contributed by atoms with Gasteiger partial charge in [-0.05, 0) is 42.3 Å². The SMILES string of the molecule is COc1ccc(NC(=O)Cc2ccc(N3CCCC3=O)cc2)cc1S(=O)(=O)N1CCOCC1. The molecule has 2 aliphatic heterocycles. The van der Waals surface area contributed by atoms with Gasteiger partial charge < -0.3 is 19.7 Å². The Bertz CT molecular complexity index is 1130. The zero-order valence-electron chi connectivity index (χ0n) is 18.5. The van der Waals surface area contributed by atoms with E-state index in [2.05, 4.69) is 5.32 Å². The lowest BCUT2D eigenvalue weighted by Crippen LogP contribution is -2.40. The number of nitrogens with one attached hydrogen (secondary N) is 1. The van der Waals surface area contributed by atoms with Crippen LogP contribution in [0, 0.1) is 0 Å². The van der Waals surface area contributed by atoms with Gasteiger partial charge >= 0.3 is 0 Å². The Balaban J connectivity index is 1.46. The van der Waals surface area contributed by atoms with Crippen molar-refractivity contribution in [1.29, 1.82) is 0 Å². The zero-order valence-corrected chi connectivity index (χ0v) is 19.3. The minimum absolute atomic E-state index is 0.00401. The zero-order chi connectivity index (χ0) is 23.4. The Hall–Kier alpha value is -2.95. The summed E-state index contributed by atoms with van der Waals surface area (Å²) in [5, 5.41) is 2.77. The van der Waals surface area contributed by atoms with Crippen LogP contribution in [-0.2, 0) is 30.8 Å². The van der Waals surface area contributed by atoms with Crippen molar-refractivity contribution in [3.8, 4) is 5.75 Å². The molecule has 0 atom stereocenters. The number of hydrogen-bond donors (Lipinski definition) is 1. The van der Waals surface area contributed by atoms with Crippen molar-refractivity contribution in [3.63, 3.8) is 0 Å². The fraction of sp³-hybridized carbons (Fsp3) is 0.391. The summed E-state index contributed by atoms with van der Waals surface area (Å²) in [4.78, 5) is 26.2. The Morgan fingerprint density at radius 1 is 1.09 bits per heavy atom. The highest BCUT2D eigenvalue weighted by Gasteiger charge is 2.29. The van der Waals surface area contributed by atoms with E-state index in [0.717, 1.165) is 17.7 Å². The molecule has 0 radical (unpaired) electrons. The molecular formula is C23H27N3O6S. The topological polar surface area (TPSA) is 105 Å². The van der Waals surface area contributed by atoms with Crippen LogP contribution in [0.25, 0.3) is 0 Å². The van der Waals surface area contributed by atoms with Gasteiger partial charge in [0, 0.05) is 37.4 Å². The second kappa shape index (κ2) is 9.90. The summed E-state index contributed by atoms with van der Waals surface area (Å²) in [7, 11) is -2.39. The van der Waals surface area contributed by atoms with E-state index >= 15 is 0 Å². The quantitative estimate of drug-likeness (QED) is 0.660. The maximum absolute atomic E-state index is 13.1. The maximum atomic E-state index is 13.1. The van der Waals surface area contributed by atoms with Gasteiger partial charge in [0.25, 0.3) is 0 Å². The largest absolute Gasteiger partial charge is 0.495 e. The highest BCUT2D eigenvalue weighted by atomic mass is 32.2. The van der Waals surface area contributed by atoms with Crippen LogP contribution in [0.1, 0.15) is 18.4 Å². The van der Waals surface area contributed by atoms with Gasteiger partial charge in [-0.3, -0.25) is 9.59 Å². The molecule has 2 heterocycles. The minimum Gasteiger partial charge on any atom is -0.495 e. The molecule has 2 amide bonds. The first kappa shape index (κ1) is 23.2. The van der Waals surface area contributed by atoms with Crippen molar-refractivity contribution in [3.05, 3.63) is 48.0 Å². The number of methoxy groups -OCH3 is 1. The van der Waals surface area contributed by atoms with Crippen LogP contribution >= 0.6 is 0 Å². The van der Waals surface area contributed by atoms with Gasteiger partial charge in [0.2, 0.25) is 21.8 Å². The molecule has 10 heteroatoms. The Labute approximate surface area is 193 Å². The van der Waals surface area contributed by atoms with Gasteiger partial charge in [0.15, 0.2) is 0 Å². The molecule has 2 fully saturated rings. The van der Waals surface area contributed by atoms with Crippen LogP contribution in [0.5, 0.6) is 5.75 Å². The summed E-state index contributed by atoms with van der Waals surface area (Å²) in [6.07, 6.45) is 1.54. The highest BCUT2D eigenvalue weighted by molar-refractivity contribution is 7.89. The molecular weight excluding hydrogens is 446 g/mol. The fourth-order valence-corrected chi connectivity index (χ4v) is 5.58. The molecule has 1 N–H and O–H groups in total. The van der Waals surface area contributed by atoms with E-state index in [0.29, 0.717) is 31.9 Å². The average Bonchev–Trinajstić information content (AvgIpc) is 3.26. The van der Waals surface area contributed by atoms with Crippen molar-refractivity contribution in [2.45, 2.75) is 24.2 Å².